The van der Waals surface area contributed by atoms with Gasteiger partial charge in [-0.1, -0.05) is 32.0 Å². The highest BCUT2D eigenvalue weighted by Gasteiger charge is 2.47. The molecule has 1 unspecified atom stereocenters. The third-order valence-electron chi connectivity index (χ3n) is 4.00. The van der Waals surface area contributed by atoms with E-state index in [0.717, 1.165) is 0 Å². The molecule has 1 heterocycles. The third kappa shape index (κ3) is 2.77. The highest BCUT2D eigenvalue weighted by molar-refractivity contribution is 5.99. The van der Waals surface area contributed by atoms with Crippen LogP contribution < -0.4 is 5.32 Å². The summed E-state index contributed by atoms with van der Waals surface area (Å²) >= 11 is 0. The molecule has 0 aliphatic carbocycles. The summed E-state index contributed by atoms with van der Waals surface area (Å²) in [5.74, 6) is -0.760. The first-order valence-corrected chi connectivity index (χ1v) is 7.11. The van der Waals surface area contributed by atoms with Crippen LogP contribution in [-0.2, 0) is 16.1 Å². The maximum absolute atomic E-state index is 13.8. The number of piperazine rings is 1. The average Bonchev–Trinajstić information content (AvgIpc) is 2.40. The minimum absolute atomic E-state index is 0.0133. The molecule has 1 aromatic rings. The number of hydrogen-bond donors (Lipinski definition) is 1. The van der Waals surface area contributed by atoms with E-state index in [-0.39, 0.29) is 30.1 Å². The van der Waals surface area contributed by atoms with E-state index in [9.17, 15) is 14.0 Å². The molecule has 1 atom stereocenters. The van der Waals surface area contributed by atoms with Gasteiger partial charge in [-0.05, 0) is 25.8 Å². The van der Waals surface area contributed by atoms with Crippen molar-refractivity contribution in [1.82, 2.24) is 10.2 Å². The minimum Gasteiger partial charge on any atom is -0.342 e. The second kappa shape index (κ2) is 5.47. The minimum atomic E-state index is -0.995. The topological polar surface area (TPSA) is 49.4 Å². The Balaban J connectivity index is 2.35. The van der Waals surface area contributed by atoms with E-state index in [1.165, 1.54) is 11.0 Å². The van der Waals surface area contributed by atoms with Crippen molar-refractivity contribution < 1.29 is 14.0 Å². The molecular formula is C16H21FN2O2. The van der Waals surface area contributed by atoms with Crippen molar-refractivity contribution in [3.63, 3.8) is 0 Å². The van der Waals surface area contributed by atoms with E-state index in [2.05, 4.69) is 5.32 Å². The van der Waals surface area contributed by atoms with Crippen molar-refractivity contribution in [3.8, 4) is 0 Å². The Bertz CT molecular complexity index is 569. The molecule has 2 amide bonds. The molecule has 21 heavy (non-hydrogen) atoms. The predicted octanol–water partition coefficient (Wildman–Crippen LogP) is 2.09. The van der Waals surface area contributed by atoms with Crippen LogP contribution in [0.1, 0.15) is 33.3 Å². The normalized spacial score (nSPS) is 21.6. The number of carbonyl (C=O) groups excluding carboxylic acids is 2. The van der Waals surface area contributed by atoms with E-state index < -0.39 is 11.6 Å². The van der Waals surface area contributed by atoms with Gasteiger partial charge in [0.15, 0.2) is 0 Å². The van der Waals surface area contributed by atoms with Crippen LogP contribution in [0, 0.1) is 11.7 Å². The Kier molecular flexibility index (Phi) is 4.03. The van der Waals surface area contributed by atoms with Crippen LogP contribution in [0.5, 0.6) is 0 Å². The molecule has 1 fully saturated rings. The summed E-state index contributed by atoms with van der Waals surface area (Å²) in [6, 6.07) is 5.76. The fourth-order valence-corrected chi connectivity index (χ4v) is 2.47. The van der Waals surface area contributed by atoms with Crippen LogP contribution in [0.15, 0.2) is 24.3 Å². The maximum atomic E-state index is 13.8. The van der Waals surface area contributed by atoms with Gasteiger partial charge in [0, 0.05) is 12.1 Å². The number of carbonyl (C=O) groups is 2. The van der Waals surface area contributed by atoms with Gasteiger partial charge in [-0.2, -0.15) is 0 Å². The summed E-state index contributed by atoms with van der Waals surface area (Å²) in [7, 11) is 0. The van der Waals surface area contributed by atoms with E-state index in [0.29, 0.717) is 5.56 Å². The number of nitrogens with one attached hydrogen (secondary N) is 1. The van der Waals surface area contributed by atoms with Crippen molar-refractivity contribution in [2.45, 2.75) is 45.8 Å². The standard InChI is InChI=1S/C16H21FN2O2/c1-10(2)13-14(20)19(16(3,4)15(21)18-13)9-11-7-5-6-8-12(11)17/h5-8,10,13H,9H2,1-4H3,(H,18,21). The van der Waals surface area contributed by atoms with E-state index in [1.54, 1.807) is 32.0 Å². The fraction of sp³-hybridized carbons (Fsp3) is 0.500. The van der Waals surface area contributed by atoms with Gasteiger partial charge in [0.2, 0.25) is 11.8 Å². The van der Waals surface area contributed by atoms with Crippen molar-refractivity contribution in [3.05, 3.63) is 35.6 Å². The van der Waals surface area contributed by atoms with Gasteiger partial charge >= 0.3 is 0 Å². The number of hydrogen-bond acceptors (Lipinski definition) is 2. The summed E-state index contributed by atoms with van der Waals surface area (Å²) in [4.78, 5) is 26.4. The maximum Gasteiger partial charge on any atom is 0.246 e. The van der Waals surface area contributed by atoms with Gasteiger partial charge in [0.1, 0.15) is 17.4 Å². The number of halogens is 1. The van der Waals surface area contributed by atoms with E-state index in [1.807, 2.05) is 13.8 Å². The van der Waals surface area contributed by atoms with Crippen LogP contribution in [0.2, 0.25) is 0 Å². The summed E-state index contributed by atoms with van der Waals surface area (Å²) in [6.07, 6.45) is 0. The van der Waals surface area contributed by atoms with Crippen molar-refractivity contribution in [1.29, 1.82) is 0 Å². The zero-order valence-electron chi connectivity index (χ0n) is 12.8. The lowest BCUT2D eigenvalue weighted by Gasteiger charge is -2.45. The molecule has 0 saturated carbocycles. The molecule has 2 rings (SSSR count). The molecule has 1 saturated heterocycles. The van der Waals surface area contributed by atoms with Gasteiger partial charge in [0.05, 0.1) is 0 Å². The zero-order chi connectivity index (χ0) is 15.8. The van der Waals surface area contributed by atoms with Crippen LogP contribution in [0.25, 0.3) is 0 Å². The fourth-order valence-electron chi connectivity index (χ4n) is 2.47. The van der Waals surface area contributed by atoms with Gasteiger partial charge in [-0.25, -0.2) is 4.39 Å². The predicted molar refractivity (Wildman–Crippen MR) is 77.8 cm³/mol. The summed E-state index contributed by atoms with van der Waals surface area (Å²) in [6.45, 7) is 7.20. The largest absolute Gasteiger partial charge is 0.342 e. The van der Waals surface area contributed by atoms with Gasteiger partial charge in [0.25, 0.3) is 0 Å². The Hall–Kier alpha value is -1.91. The molecule has 5 heteroatoms. The smallest absolute Gasteiger partial charge is 0.246 e. The van der Waals surface area contributed by atoms with Crippen LogP contribution >= 0.6 is 0 Å². The summed E-state index contributed by atoms with van der Waals surface area (Å²) < 4.78 is 13.8. The summed E-state index contributed by atoms with van der Waals surface area (Å²) in [5, 5.41) is 2.76. The second-order valence-corrected chi connectivity index (χ2v) is 6.27. The lowest BCUT2D eigenvalue weighted by Crippen LogP contribution is -2.69. The number of benzene rings is 1. The average molecular weight is 292 g/mol. The molecule has 0 bridgehead atoms. The van der Waals surface area contributed by atoms with Crippen LogP contribution in [0.4, 0.5) is 4.39 Å². The highest BCUT2D eigenvalue weighted by atomic mass is 19.1. The first kappa shape index (κ1) is 15.5. The SMILES string of the molecule is CC(C)C1NC(=O)C(C)(C)N(Cc2ccccc2F)C1=O. The molecule has 0 aromatic heterocycles. The second-order valence-electron chi connectivity index (χ2n) is 6.27. The monoisotopic (exact) mass is 292 g/mol. The Labute approximate surface area is 124 Å². The quantitative estimate of drug-likeness (QED) is 0.927. The molecule has 0 radical (unpaired) electrons. The van der Waals surface area contributed by atoms with Gasteiger partial charge in [-0.3, -0.25) is 9.59 Å². The molecule has 114 valence electrons. The lowest BCUT2D eigenvalue weighted by molar-refractivity contribution is -0.157. The van der Waals surface area contributed by atoms with Crippen molar-refractivity contribution >= 4 is 11.8 Å². The molecule has 4 nitrogen and oxygen atoms in total. The van der Waals surface area contributed by atoms with Crippen LogP contribution in [0.3, 0.4) is 0 Å². The molecule has 1 aromatic carbocycles. The molecule has 1 aliphatic heterocycles. The zero-order valence-corrected chi connectivity index (χ0v) is 12.8. The molecular weight excluding hydrogens is 271 g/mol. The van der Waals surface area contributed by atoms with E-state index >= 15 is 0 Å². The van der Waals surface area contributed by atoms with Crippen molar-refractivity contribution in [2.75, 3.05) is 0 Å². The van der Waals surface area contributed by atoms with Gasteiger partial charge in [-0.15, -0.1) is 0 Å². The number of nitrogens with zero attached hydrogens (tertiary/aromatic N) is 1. The van der Waals surface area contributed by atoms with Gasteiger partial charge < -0.3 is 10.2 Å². The third-order valence-corrected chi connectivity index (χ3v) is 4.00. The highest BCUT2D eigenvalue weighted by Crippen LogP contribution is 2.26. The molecule has 1 aliphatic rings. The first-order chi connectivity index (χ1) is 9.75. The summed E-state index contributed by atoms with van der Waals surface area (Å²) in [5.41, 5.74) is -0.582. The first-order valence-electron chi connectivity index (χ1n) is 7.11. The number of rotatable bonds is 3. The van der Waals surface area contributed by atoms with E-state index in [4.69, 9.17) is 0 Å². The molecule has 1 N–H and O–H groups in total. The Morgan fingerprint density at radius 2 is 1.90 bits per heavy atom. The van der Waals surface area contributed by atoms with Crippen molar-refractivity contribution in [2.24, 2.45) is 5.92 Å². The Morgan fingerprint density at radius 1 is 1.29 bits per heavy atom. The molecule has 0 spiro atoms. The number of amides is 2. The lowest BCUT2D eigenvalue weighted by atomic mass is 9.90. The van der Waals surface area contributed by atoms with Crippen LogP contribution in [-0.4, -0.2) is 28.3 Å². The Morgan fingerprint density at radius 3 is 2.48 bits per heavy atom.